The van der Waals surface area contributed by atoms with Crippen LogP contribution < -0.4 is 5.32 Å². The Balaban J connectivity index is 2.65. The fourth-order valence-electron chi connectivity index (χ4n) is 2.09. The van der Waals surface area contributed by atoms with E-state index in [-0.39, 0.29) is 0 Å². The van der Waals surface area contributed by atoms with Gasteiger partial charge in [0, 0.05) is 29.7 Å². The Bertz CT molecular complexity index is 411. The molecule has 19 heavy (non-hydrogen) atoms. The lowest BCUT2D eigenvalue weighted by molar-refractivity contribution is 0.224. The molecule has 108 valence electrons. The Labute approximate surface area is 131 Å². The molecule has 2 nitrogen and oxygen atoms in total. The molecule has 0 aliphatic rings. The number of nitrogens with one attached hydrogen (secondary N) is 1. The summed E-state index contributed by atoms with van der Waals surface area (Å²) >= 11 is 18.3. The fraction of sp³-hybridized carbons (Fsp3) is 0.571. The first-order valence-corrected chi connectivity index (χ1v) is 7.47. The molecule has 1 unspecified atom stereocenters. The van der Waals surface area contributed by atoms with Gasteiger partial charge in [0.25, 0.3) is 0 Å². The average molecular weight is 324 g/mol. The van der Waals surface area contributed by atoms with E-state index in [1.165, 1.54) is 0 Å². The predicted octanol–water partition coefficient (Wildman–Crippen LogP) is 4.32. The Morgan fingerprint density at radius 3 is 2.21 bits per heavy atom. The Morgan fingerprint density at radius 2 is 1.68 bits per heavy atom. The zero-order valence-electron chi connectivity index (χ0n) is 11.8. The van der Waals surface area contributed by atoms with Gasteiger partial charge < -0.3 is 10.2 Å². The van der Waals surface area contributed by atoms with Crippen LogP contribution in [0.5, 0.6) is 0 Å². The normalized spacial score (nSPS) is 13.3. The fourth-order valence-corrected chi connectivity index (χ4v) is 2.77. The lowest BCUT2D eigenvalue weighted by Crippen LogP contribution is -2.41. The maximum Gasteiger partial charge on any atom is 0.0652 e. The van der Waals surface area contributed by atoms with E-state index in [1.807, 2.05) is 0 Å². The molecule has 1 aromatic rings. The molecule has 0 heterocycles. The van der Waals surface area contributed by atoms with Crippen molar-refractivity contribution in [1.29, 1.82) is 0 Å². The molecule has 0 fully saturated rings. The molecule has 5 heteroatoms. The Morgan fingerprint density at radius 1 is 1.11 bits per heavy atom. The third-order valence-electron chi connectivity index (χ3n) is 3.23. The summed E-state index contributed by atoms with van der Waals surface area (Å²) in [5.41, 5.74) is 0.858. The number of likely N-dealkylation sites (N-methyl/N-ethyl adjacent to an activating group) is 1. The molecule has 0 amide bonds. The molecular weight excluding hydrogens is 303 g/mol. The number of halogens is 3. The summed E-state index contributed by atoms with van der Waals surface area (Å²) in [4.78, 5) is 2.22. The van der Waals surface area contributed by atoms with Crippen molar-refractivity contribution in [1.82, 2.24) is 10.2 Å². The molecule has 0 saturated heterocycles. The summed E-state index contributed by atoms with van der Waals surface area (Å²) in [6.07, 6.45) is 0. The molecule has 0 saturated carbocycles. The van der Waals surface area contributed by atoms with E-state index >= 15 is 0 Å². The largest absolute Gasteiger partial charge is 0.311 e. The van der Waals surface area contributed by atoms with E-state index in [0.29, 0.717) is 33.6 Å². The van der Waals surface area contributed by atoms with Crippen molar-refractivity contribution in [3.8, 4) is 0 Å². The molecule has 0 bridgehead atoms. The molecular formula is C14H21Cl3N2. The van der Waals surface area contributed by atoms with Crippen LogP contribution in [0.15, 0.2) is 12.1 Å². The van der Waals surface area contributed by atoms with Crippen LogP contribution in [0.4, 0.5) is 0 Å². The molecule has 1 atom stereocenters. The maximum absolute atomic E-state index is 6.17. The first kappa shape index (κ1) is 17.1. The van der Waals surface area contributed by atoms with Gasteiger partial charge in [-0.3, -0.25) is 0 Å². The van der Waals surface area contributed by atoms with Crippen molar-refractivity contribution in [3.05, 3.63) is 32.8 Å². The highest BCUT2D eigenvalue weighted by atomic mass is 35.5. The molecule has 0 aliphatic carbocycles. The summed E-state index contributed by atoms with van der Waals surface area (Å²) in [6, 6.07) is 3.96. The summed E-state index contributed by atoms with van der Waals surface area (Å²) in [5, 5.41) is 5.12. The number of nitrogens with zero attached hydrogens (tertiary/aromatic N) is 1. The van der Waals surface area contributed by atoms with Gasteiger partial charge in [0.15, 0.2) is 0 Å². The predicted molar refractivity (Wildman–Crippen MR) is 85.5 cm³/mol. The second kappa shape index (κ2) is 7.70. The minimum absolute atomic E-state index is 0.469. The number of rotatable bonds is 6. The molecule has 0 radical (unpaired) electrons. The Hall–Kier alpha value is 0.01000. The van der Waals surface area contributed by atoms with Crippen molar-refractivity contribution in [2.75, 3.05) is 20.6 Å². The van der Waals surface area contributed by atoms with Crippen LogP contribution in [0, 0.1) is 5.92 Å². The van der Waals surface area contributed by atoms with Crippen LogP contribution in [0.2, 0.25) is 15.1 Å². The second-order valence-corrected chi connectivity index (χ2v) is 6.42. The van der Waals surface area contributed by atoms with E-state index in [2.05, 4.69) is 38.2 Å². The van der Waals surface area contributed by atoms with Gasteiger partial charge in [0.05, 0.1) is 10.0 Å². The van der Waals surface area contributed by atoms with Gasteiger partial charge in [0.2, 0.25) is 0 Å². The van der Waals surface area contributed by atoms with Crippen LogP contribution in [-0.4, -0.2) is 31.6 Å². The van der Waals surface area contributed by atoms with Crippen molar-refractivity contribution in [2.24, 2.45) is 5.92 Å². The van der Waals surface area contributed by atoms with Gasteiger partial charge >= 0.3 is 0 Å². The summed E-state index contributed by atoms with van der Waals surface area (Å²) in [7, 11) is 4.18. The SMILES string of the molecule is CC(C)C(CNCc1c(Cl)ccc(Cl)c1Cl)N(C)C. The molecule has 0 aromatic heterocycles. The minimum Gasteiger partial charge on any atom is -0.311 e. The second-order valence-electron chi connectivity index (χ2n) is 5.23. The maximum atomic E-state index is 6.17. The van der Waals surface area contributed by atoms with E-state index in [0.717, 1.165) is 12.1 Å². The van der Waals surface area contributed by atoms with Crippen LogP contribution in [0.1, 0.15) is 19.4 Å². The first-order valence-electron chi connectivity index (χ1n) is 6.34. The van der Waals surface area contributed by atoms with Crippen LogP contribution in [0.3, 0.4) is 0 Å². The van der Waals surface area contributed by atoms with Crippen molar-refractivity contribution < 1.29 is 0 Å². The number of benzene rings is 1. The van der Waals surface area contributed by atoms with Crippen LogP contribution in [0.25, 0.3) is 0 Å². The molecule has 1 N–H and O–H groups in total. The van der Waals surface area contributed by atoms with Crippen LogP contribution in [-0.2, 0) is 6.54 Å². The van der Waals surface area contributed by atoms with Gasteiger partial charge in [-0.1, -0.05) is 48.7 Å². The van der Waals surface area contributed by atoms with E-state index in [4.69, 9.17) is 34.8 Å². The smallest absolute Gasteiger partial charge is 0.0652 e. The summed E-state index contributed by atoms with van der Waals surface area (Å²) < 4.78 is 0. The molecule has 0 spiro atoms. The lowest BCUT2D eigenvalue weighted by Gasteiger charge is -2.28. The average Bonchev–Trinajstić information content (AvgIpc) is 2.32. The summed E-state index contributed by atoms with van der Waals surface area (Å²) in [5.74, 6) is 0.577. The Kier molecular flexibility index (Phi) is 6.92. The molecule has 1 rings (SSSR count). The monoisotopic (exact) mass is 322 g/mol. The third-order valence-corrected chi connectivity index (χ3v) is 4.42. The van der Waals surface area contributed by atoms with Gasteiger partial charge in [0.1, 0.15) is 0 Å². The van der Waals surface area contributed by atoms with Crippen LogP contribution >= 0.6 is 34.8 Å². The molecule has 0 aliphatic heterocycles. The topological polar surface area (TPSA) is 15.3 Å². The number of hydrogen-bond donors (Lipinski definition) is 1. The van der Waals surface area contributed by atoms with Gasteiger partial charge in [-0.2, -0.15) is 0 Å². The zero-order chi connectivity index (χ0) is 14.6. The van der Waals surface area contributed by atoms with E-state index in [1.54, 1.807) is 12.1 Å². The lowest BCUT2D eigenvalue weighted by atomic mass is 10.0. The summed E-state index contributed by atoms with van der Waals surface area (Å²) in [6.45, 7) is 5.93. The third kappa shape index (κ3) is 4.80. The van der Waals surface area contributed by atoms with E-state index in [9.17, 15) is 0 Å². The number of hydrogen-bond acceptors (Lipinski definition) is 2. The molecule has 1 aromatic carbocycles. The highest BCUT2D eigenvalue weighted by Gasteiger charge is 2.16. The van der Waals surface area contributed by atoms with E-state index < -0.39 is 0 Å². The quantitative estimate of drug-likeness (QED) is 0.784. The minimum atomic E-state index is 0.469. The van der Waals surface area contributed by atoms with Crippen molar-refractivity contribution in [3.63, 3.8) is 0 Å². The first-order chi connectivity index (χ1) is 8.84. The van der Waals surface area contributed by atoms with Crippen molar-refractivity contribution in [2.45, 2.75) is 26.4 Å². The highest BCUT2D eigenvalue weighted by molar-refractivity contribution is 6.44. The standard InChI is InChI=1S/C14H21Cl3N2/c1-9(2)13(19(3)4)8-18-7-10-11(15)5-6-12(16)14(10)17/h5-6,9,13,18H,7-8H2,1-4H3. The zero-order valence-corrected chi connectivity index (χ0v) is 14.1. The van der Waals surface area contributed by atoms with Gasteiger partial charge in [-0.15, -0.1) is 0 Å². The van der Waals surface area contributed by atoms with Gasteiger partial charge in [-0.25, -0.2) is 0 Å². The van der Waals surface area contributed by atoms with Gasteiger partial charge in [-0.05, 0) is 32.1 Å². The highest BCUT2D eigenvalue weighted by Crippen LogP contribution is 2.31. The van der Waals surface area contributed by atoms with Crippen molar-refractivity contribution >= 4 is 34.8 Å².